The van der Waals surface area contributed by atoms with Gasteiger partial charge >= 0.3 is 6.03 Å². The van der Waals surface area contributed by atoms with E-state index in [1.165, 1.54) is 0 Å². The maximum absolute atomic E-state index is 12.0. The molecule has 1 aromatic carbocycles. The number of pyridine rings is 1. The Balaban J connectivity index is 1.55. The van der Waals surface area contributed by atoms with Gasteiger partial charge in [-0.25, -0.2) is 4.79 Å². The topological polar surface area (TPSA) is 83.1 Å². The summed E-state index contributed by atoms with van der Waals surface area (Å²) in [6, 6.07) is 9.22. The molecule has 1 atom stereocenters. The Hall–Kier alpha value is -2.89. The second-order valence-electron chi connectivity index (χ2n) is 6.00. The molecule has 0 aliphatic carbocycles. The highest BCUT2D eigenvalue weighted by Gasteiger charge is 2.19. The summed E-state index contributed by atoms with van der Waals surface area (Å²) < 4.78 is 0. The monoisotopic (exact) mass is 324 g/mol. The highest BCUT2D eigenvalue weighted by Crippen LogP contribution is 2.26. The lowest BCUT2D eigenvalue weighted by Gasteiger charge is -2.16. The number of amides is 3. The molecule has 1 aliphatic rings. The molecule has 1 aliphatic heterocycles. The summed E-state index contributed by atoms with van der Waals surface area (Å²) in [7, 11) is 0. The van der Waals surface area contributed by atoms with E-state index in [9.17, 15) is 9.59 Å². The molecular weight excluding hydrogens is 304 g/mol. The van der Waals surface area contributed by atoms with Crippen molar-refractivity contribution in [3.05, 3.63) is 58.9 Å². The van der Waals surface area contributed by atoms with Crippen molar-refractivity contribution in [1.82, 2.24) is 15.6 Å². The third-order valence-corrected chi connectivity index (χ3v) is 4.03. The van der Waals surface area contributed by atoms with Crippen LogP contribution < -0.4 is 16.0 Å². The van der Waals surface area contributed by atoms with Crippen LogP contribution in [0.1, 0.15) is 35.3 Å². The molecule has 1 aromatic heterocycles. The van der Waals surface area contributed by atoms with E-state index in [0.717, 1.165) is 28.1 Å². The van der Waals surface area contributed by atoms with Gasteiger partial charge in [0.1, 0.15) is 0 Å². The minimum atomic E-state index is -0.238. The third kappa shape index (κ3) is 3.71. The normalized spacial score (nSPS) is 13.8. The fourth-order valence-corrected chi connectivity index (χ4v) is 2.63. The lowest BCUT2D eigenvalue weighted by atomic mass is 10.0. The van der Waals surface area contributed by atoms with Crippen molar-refractivity contribution >= 4 is 17.6 Å². The number of carbonyl (C=O) groups excluding carboxylic acids is 2. The largest absolute Gasteiger partial charge is 0.334 e. The zero-order chi connectivity index (χ0) is 17.1. The van der Waals surface area contributed by atoms with Crippen molar-refractivity contribution in [2.24, 2.45) is 0 Å². The smallest absolute Gasteiger partial charge is 0.315 e. The average molecular weight is 324 g/mol. The van der Waals surface area contributed by atoms with Gasteiger partial charge in [0, 0.05) is 24.1 Å². The molecule has 0 radical (unpaired) electrons. The third-order valence-electron chi connectivity index (χ3n) is 4.03. The number of carbonyl (C=O) groups is 2. The zero-order valence-corrected chi connectivity index (χ0v) is 13.7. The van der Waals surface area contributed by atoms with Gasteiger partial charge in [-0.2, -0.15) is 0 Å². The van der Waals surface area contributed by atoms with Crippen LogP contribution in [0.3, 0.4) is 0 Å². The summed E-state index contributed by atoms with van der Waals surface area (Å²) >= 11 is 0. The fourth-order valence-electron chi connectivity index (χ4n) is 2.63. The molecule has 6 nitrogen and oxygen atoms in total. The first-order chi connectivity index (χ1) is 11.5. The van der Waals surface area contributed by atoms with Crippen LogP contribution in [-0.2, 0) is 17.8 Å². The molecule has 0 saturated carbocycles. The Morgan fingerprint density at radius 3 is 2.92 bits per heavy atom. The predicted octanol–water partition coefficient (Wildman–Crippen LogP) is 2.45. The SMILES string of the molecule is Cc1ccc(CNC(=O)N[C@H](C)c2ccc3c(c2)CC(=O)N3)cn1. The van der Waals surface area contributed by atoms with Gasteiger partial charge in [0.2, 0.25) is 5.91 Å². The minimum absolute atomic E-state index is 0.00668. The van der Waals surface area contributed by atoms with Gasteiger partial charge in [0.15, 0.2) is 0 Å². The molecule has 3 rings (SSSR count). The van der Waals surface area contributed by atoms with Gasteiger partial charge in [-0.3, -0.25) is 9.78 Å². The molecule has 124 valence electrons. The van der Waals surface area contributed by atoms with E-state index < -0.39 is 0 Å². The summed E-state index contributed by atoms with van der Waals surface area (Å²) in [4.78, 5) is 27.6. The maximum Gasteiger partial charge on any atom is 0.315 e. The van der Waals surface area contributed by atoms with E-state index in [0.29, 0.717) is 13.0 Å². The highest BCUT2D eigenvalue weighted by molar-refractivity contribution is 5.99. The Morgan fingerprint density at radius 2 is 2.17 bits per heavy atom. The number of benzene rings is 1. The van der Waals surface area contributed by atoms with E-state index in [1.807, 2.05) is 44.2 Å². The predicted molar refractivity (Wildman–Crippen MR) is 91.5 cm³/mol. The lowest BCUT2D eigenvalue weighted by Crippen LogP contribution is -2.36. The fraction of sp³-hybridized carbons (Fsp3) is 0.278. The van der Waals surface area contributed by atoms with Crippen LogP contribution in [0.4, 0.5) is 10.5 Å². The van der Waals surface area contributed by atoms with Crippen LogP contribution >= 0.6 is 0 Å². The van der Waals surface area contributed by atoms with E-state index in [1.54, 1.807) is 6.20 Å². The number of anilines is 1. The standard InChI is InChI=1S/C18H20N4O2/c1-11-3-4-13(9-19-11)10-20-18(24)21-12(2)14-5-6-16-15(7-14)8-17(23)22-16/h3-7,9,12H,8,10H2,1-2H3,(H,22,23)(H2,20,21,24)/t12-/m1/s1. The molecule has 0 fully saturated rings. The molecule has 3 N–H and O–H groups in total. The number of hydrogen-bond donors (Lipinski definition) is 3. The van der Waals surface area contributed by atoms with Crippen LogP contribution in [-0.4, -0.2) is 16.9 Å². The molecule has 24 heavy (non-hydrogen) atoms. The number of rotatable bonds is 4. The number of fused-ring (bicyclic) bond motifs is 1. The van der Waals surface area contributed by atoms with Gasteiger partial charge in [-0.1, -0.05) is 18.2 Å². The molecule has 0 bridgehead atoms. The first kappa shape index (κ1) is 16.0. The average Bonchev–Trinajstić information content (AvgIpc) is 2.93. The number of aryl methyl sites for hydroxylation is 1. The van der Waals surface area contributed by atoms with Crippen LogP contribution in [0, 0.1) is 6.92 Å². The molecule has 0 unspecified atom stereocenters. The highest BCUT2D eigenvalue weighted by atomic mass is 16.2. The summed E-state index contributed by atoms with van der Waals surface area (Å²) in [6.45, 7) is 4.26. The molecule has 2 heterocycles. The van der Waals surface area contributed by atoms with E-state index in [2.05, 4.69) is 20.9 Å². The quantitative estimate of drug-likeness (QED) is 0.808. The number of nitrogens with one attached hydrogen (secondary N) is 3. The summed E-state index contributed by atoms with van der Waals surface area (Å²) in [5.41, 5.74) is 4.69. The molecule has 6 heteroatoms. The summed E-state index contributed by atoms with van der Waals surface area (Å²) in [5, 5.41) is 8.53. The minimum Gasteiger partial charge on any atom is -0.334 e. The van der Waals surface area contributed by atoms with E-state index in [-0.39, 0.29) is 18.0 Å². The van der Waals surface area contributed by atoms with E-state index >= 15 is 0 Å². The van der Waals surface area contributed by atoms with Crippen molar-refractivity contribution in [3.8, 4) is 0 Å². The van der Waals surface area contributed by atoms with Crippen LogP contribution in [0.2, 0.25) is 0 Å². The first-order valence-corrected chi connectivity index (χ1v) is 7.90. The van der Waals surface area contributed by atoms with E-state index in [4.69, 9.17) is 0 Å². The Labute approximate surface area is 140 Å². The number of hydrogen-bond acceptors (Lipinski definition) is 3. The van der Waals surface area contributed by atoms with Gasteiger partial charge < -0.3 is 16.0 Å². The van der Waals surface area contributed by atoms with Crippen molar-refractivity contribution < 1.29 is 9.59 Å². The van der Waals surface area contributed by atoms with Gasteiger partial charge in [0.25, 0.3) is 0 Å². The molecule has 0 spiro atoms. The van der Waals surface area contributed by atoms with Crippen molar-refractivity contribution in [2.45, 2.75) is 32.9 Å². The second-order valence-corrected chi connectivity index (χ2v) is 6.00. The van der Waals surface area contributed by atoms with Gasteiger partial charge in [-0.15, -0.1) is 0 Å². The number of urea groups is 1. The molecule has 0 saturated heterocycles. The zero-order valence-electron chi connectivity index (χ0n) is 13.7. The van der Waals surface area contributed by atoms with Crippen LogP contribution in [0.25, 0.3) is 0 Å². The Morgan fingerprint density at radius 1 is 1.33 bits per heavy atom. The van der Waals surface area contributed by atoms with Crippen LogP contribution in [0.15, 0.2) is 36.5 Å². The number of aromatic nitrogens is 1. The summed E-state index contributed by atoms with van der Waals surface area (Å²) in [5.74, 6) is 0.00668. The lowest BCUT2D eigenvalue weighted by molar-refractivity contribution is -0.115. The van der Waals surface area contributed by atoms with Gasteiger partial charge in [0.05, 0.1) is 12.5 Å². The molecule has 3 amide bonds. The van der Waals surface area contributed by atoms with Crippen molar-refractivity contribution in [1.29, 1.82) is 0 Å². The second kappa shape index (κ2) is 6.70. The van der Waals surface area contributed by atoms with Crippen molar-refractivity contribution in [2.75, 3.05) is 5.32 Å². The Bertz CT molecular complexity index is 771. The molecular formula is C18H20N4O2. The summed E-state index contributed by atoms with van der Waals surface area (Å²) in [6.07, 6.45) is 2.14. The maximum atomic E-state index is 12.0. The van der Waals surface area contributed by atoms with Gasteiger partial charge in [-0.05, 0) is 42.7 Å². The van der Waals surface area contributed by atoms with Crippen molar-refractivity contribution in [3.63, 3.8) is 0 Å². The first-order valence-electron chi connectivity index (χ1n) is 7.90. The van der Waals surface area contributed by atoms with Crippen LogP contribution in [0.5, 0.6) is 0 Å². The number of nitrogens with zero attached hydrogens (tertiary/aromatic N) is 1. The Kier molecular flexibility index (Phi) is 4.46. The molecule has 2 aromatic rings.